The van der Waals surface area contributed by atoms with Gasteiger partial charge in [-0.25, -0.2) is 0 Å². The van der Waals surface area contributed by atoms with Crippen molar-refractivity contribution in [2.45, 2.75) is 0 Å². The molecule has 0 fully saturated rings. The lowest BCUT2D eigenvalue weighted by atomic mass is 9.51. The summed E-state index contributed by atoms with van der Waals surface area (Å²) in [6.07, 6.45) is 0. The van der Waals surface area contributed by atoms with Gasteiger partial charge in [0.1, 0.15) is 17.2 Å². The quantitative estimate of drug-likeness (QED) is 0.222. The molecule has 0 atom stereocenters. The summed E-state index contributed by atoms with van der Waals surface area (Å²) in [6, 6.07) is 46.9. The second-order valence-corrected chi connectivity index (χ2v) is 10.5. The van der Waals surface area contributed by atoms with E-state index >= 15 is 0 Å². The SMILES string of the molecule is c1ccc(-c2ccc3c(c2)OB2c4ccc(-n5c6ccccc6c6ccccc65)cc4Oc4cccc-3c42)cc1. The number of fused-ring (bicyclic) bond motifs is 7. The third-order valence-corrected chi connectivity index (χ3v) is 8.29. The Hall–Kier alpha value is -5.22. The molecule has 0 saturated carbocycles. The minimum atomic E-state index is -0.235. The van der Waals surface area contributed by atoms with Crippen molar-refractivity contribution in [1.29, 1.82) is 0 Å². The molecule has 186 valence electrons. The van der Waals surface area contributed by atoms with E-state index in [0.717, 1.165) is 45.0 Å². The molecule has 0 N–H and O–H groups in total. The molecule has 0 spiro atoms. The average molecular weight is 511 g/mol. The summed E-state index contributed by atoms with van der Waals surface area (Å²) < 4.78 is 15.7. The van der Waals surface area contributed by atoms with Gasteiger partial charge >= 0.3 is 6.92 Å². The maximum absolute atomic E-state index is 6.81. The lowest BCUT2D eigenvalue weighted by Gasteiger charge is -2.33. The van der Waals surface area contributed by atoms with Crippen molar-refractivity contribution in [2.75, 3.05) is 0 Å². The van der Waals surface area contributed by atoms with Gasteiger partial charge in [-0.3, -0.25) is 0 Å². The minimum Gasteiger partial charge on any atom is -0.551 e. The molecule has 2 aliphatic heterocycles. The van der Waals surface area contributed by atoms with E-state index in [1.165, 1.54) is 32.9 Å². The average Bonchev–Trinajstić information content (AvgIpc) is 3.35. The Morgan fingerprint density at radius 2 is 1.25 bits per heavy atom. The van der Waals surface area contributed by atoms with E-state index in [9.17, 15) is 0 Å². The van der Waals surface area contributed by atoms with Gasteiger partial charge < -0.3 is 14.0 Å². The maximum atomic E-state index is 6.81. The normalized spacial score (nSPS) is 12.8. The van der Waals surface area contributed by atoms with Gasteiger partial charge in [-0.1, -0.05) is 97.1 Å². The van der Waals surface area contributed by atoms with Crippen LogP contribution >= 0.6 is 0 Å². The highest BCUT2D eigenvalue weighted by molar-refractivity contribution is 6.84. The zero-order valence-corrected chi connectivity index (χ0v) is 21.5. The Labute approximate surface area is 232 Å². The van der Waals surface area contributed by atoms with E-state index in [1.807, 2.05) is 6.07 Å². The molecule has 1 aromatic heterocycles. The molecule has 6 aromatic carbocycles. The molecule has 0 saturated heterocycles. The van der Waals surface area contributed by atoms with Gasteiger partial charge in [0.15, 0.2) is 0 Å². The topological polar surface area (TPSA) is 23.4 Å². The Morgan fingerprint density at radius 1 is 0.500 bits per heavy atom. The highest BCUT2D eigenvalue weighted by Crippen LogP contribution is 2.41. The smallest absolute Gasteiger partial charge is 0.434 e. The first-order valence-electron chi connectivity index (χ1n) is 13.6. The standard InChI is InChI=1S/C36H22BNO2/c1-2-9-23(10-3-1)24-17-19-28-29-13-8-16-33-36(29)37(40-34(28)21-24)30-20-18-25(22-35(30)39-33)38-31-14-6-4-11-26(31)27-12-5-7-15-32(27)38/h1-22H. The first kappa shape index (κ1) is 21.7. The number of para-hydroxylation sites is 2. The van der Waals surface area contributed by atoms with Crippen molar-refractivity contribution in [3.8, 4) is 45.2 Å². The van der Waals surface area contributed by atoms with Crippen LogP contribution in [-0.4, -0.2) is 11.5 Å². The molecular weight excluding hydrogens is 489 g/mol. The molecule has 0 unspecified atom stereocenters. The number of nitrogens with zero attached hydrogens (tertiary/aromatic N) is 1. The van der Waals surface area contributed by atoms with Crippen LogP contribution in [0.4, 0.5) is 0 Å². The predicted molar refractivity (Wildman–Crippen MR) is 164 cm³/mol. The summed E-state index contributed by atoms with van der Waals surface area (Å²) in [5.41, 5.74) is 10.2. The van der Waals surface area contributed by atoms with E-state index in [2.05, 4.69) is 132 Å². The van der Waals surface area contributed by atoms with Gasteiger partial charge in [0.2, 0.25) is 0 Å². The summed E-state index contributed by atoms with van der Waals surface area (Å²) in [6.45, 7) is -0.235. The second kappa shape index (κ2) is 8.14. The fraction of sp³-hybridized carbons (Fsp3) is 0. The molecule has 0 radical (unpaired) electrons. The van der Waals surface area contributed by atoms with Crippen LogP contribution in [-0.2, 0) is 0 Å². The van der Waals surface area contributed by atoms with E-state index in [-0.39, 0.29) is 6.92 Å². The van der Waals surface area contributed by atoms with Crippen LogP contribution in [0.25, 0.3) is 49.7 Å². The van der Waals surface area contributed by atoms with Gasteiger partial charge in [0.25, 0.3) is 0 Å². The Morgan fingerprint density at radius 3 is 2.05 bits per heavy atom. The third-order valence-electron chi connectivity index (χ3n) is 8.29. The van der Waals surface area contributed by atoms with Crippen LogP contribution < -0.4 is 20.3 Å². The molecular formula is C36H22BNO2. The number of rotatable bonds is 2. The third kappa shape index (κ3) is 3.02. The summed E-state index contributed by atoms with van der Waals surface area (Å²) in [5.74, 6) is 2.58. The van der Waals surface area contributed by atoms with Gasteiger partial charge in [-0.15, -0.1) is 0 Å². The summed E-state index contributed by atoms with van der Waals surface area (Å²) >= 11 is 0. The maximum Gasteiger partial charge on any atom is 0.434 e. The largest absolute Gasteiger partial charge is 0.551 e. The number of aromatic nitrogens is 1. The first-order chi connectivity index (χ1) is 19.8. The number of hydrogen-bond acceptors (Lipinski definition) is 2. The van der Waals surface area contributed by atoms with Crippen molar-refractivity contribution in [1.82, 2.24) is 4.57 Å². The van der Waals surface area contributed by atoms with E-state index in [1.54, 1.807) is 0 Å². The van der Waals surface area contributed by atoms with Crippen LogP contribution in [0.15, 0.2) is 133 Å². The summed E-state index contributed by atoms with van der Waals surface area (Å²) in [5, 5.41) is 2.49. The molecule has 2 aliphatic rings. The molecule has 4 heteroatoms. The van der Waals surface area contributed by atoms with E-state index in [0.29, 0.717) is 0 Å². The molecule has 0 amide bonds. The summed E-state index contributed by atoms with van der Waals surface area (Å²) in [4.78, 5) is 0. The fourth-order valence-electron chi connectivity index (χ4n) is 6.48. The number of benzene rings is 6. The van der Waals surface area contributed by atoms with Crippen LogP contribution in [0.5, 0.6) is 17.2 Å². The highest BCUT2D eigenvalue weighted by atomic mass is 16.5. The number of hydrogen-bond donors (Lipinski definition) is 0. The summed E-state index contributed by atoms with van der Waals surface area (Å²) in [7, 11) is 0. The molecule has 0 aliphatic carbocycles. The highest BCUT2D eigenvalue weighted by Gasteiger charge is 2.40. The van der Waals surface area contributed by atoms with Gasteiger partial charge in [-0.05, 0) is 47.0 Å². The number of ether oxygens (including phenoxy) is 1. The van der Waals surface area contributed by atoms with Crippen molar-refractivity contribution < 1.29 is 9.39 Å². The molecule has 40 heavy (non-hydrogen) atoms. The minimum absolute atomic E-state index is 0.235. The molecule has 0 bridgehead atoms. The lowest BCUT2D eigenvalue weighted by molar-refractivity contribution is 0.479. The van der Waals surface area contributed by atoms with E-state index in [4.69, 9.17) is 9.39 Å². The zero-order valence-electron chi connectivity index (χ0n) is 21.5. The fourth-order valence-corrected chi connectivity index (χ4v) is 6.48. The Balaban J connectivity index is 1.21. The lowest BCUT2D eigenvalue weighted by Crippen LogP contribution is -2.53. The van der Waals surface area contributed by atoms with Crippen molar-refractivity contribution in [3.63, 3.8) is 0 Å². The van der Waals surface area contributed by atoms with Crippen molar-refractivity contribution in [2.24, 2.45) is 0 Å². The van der Waals surface area contributed by atoms with Crippen LogP contribution in [0, 0.1) is 0 Å². The van der Waals surface area contributed by atoms with Crippen LogP contribution in [0.1, 0.15) is 0 Å². The monoisotopic (exact) mass is 511 g/mol. The van der Waals surface area contributed by atoms with Gasteiger partial charge in [-0.2, -0.15) is 0 Å². The molecule has 9 rings (SSSR count). The first-order valence-corrected chi connectivity index (χ1v) is 13.6. The van der Waals surface area contributed by atoms with Crippen LogP contribution in [0.3, 0.4) is 0 Å². The Bertz CT molecular complexity index is 2080. The predicted octanol–water partition coefficient (Wildman–Crippen LogP) is 7.72. The molecule has 3 nitrogen and oxygen atoms in total. The molecule has 3 heterocycles. The van der Waals surface area contributed by atoms with E-state index < -0.39 is 0 Å². The van der Waals surface area contributed by atoms with Crippen molar-refractivity contribution >= 4 is 39.6 Å². The van der Waals surface area contributed by atoms with Crippen molar-refractivity contribution in [3.05, 3.63) is 133 Å². The van der Waals surface area contributed by atoms with Crippen LogP contribution in [0.2, 0.25) is 0 Å². The Kier molecular flexibility index (Phi) is 4.41. The zero-order chi connectivity index (χ0) is 26.2. The second-order valence-electron chi connectivity index (χ2n) is 10.5. The van der Waals surface area contributed by atoms with Gasteiger partial charge in [0, 0.05) is 39.0 Å². The molecule has 7 aromatic rings. The van der Waals surface area contributed by atoms with Gasteiger partial charge in [0.05, 0.1) is 11.0 Å².